The molecule has 0 spiro atoms. The molecule has 3 aromatic rings. The van der Waals surface area contributed by atoms with E-state index in [4.69, 9.17) is 14.2 Å². The number of halogens is 1. The van der Waals surface area contributed by atoms with E-state index < -0.39 is 0 Å². The molecule has 0 saturated carbocycles. The molecular weight excluding hydrogens is 457 g/mol. The summed E-state index contributed by atoms with van der Waals surface area (Å²) in [4.78, 5) is 12.3. The van der Waals surface area contributed by atoms with Crippen LogP contribution in [0.5, 0.6) is 11.5 Å². The highest BCUT2D eigenvalue weighted by molar-refractivity contribution is 5.91. The van der Waals surface area contributed by atoms with Crippen LogP contribution in [-0.4, -0.2) is 32.8 Å². The molecule has 0 fully saturated rings. The molecule has 0 aliphatic carbocycles. The molecular formula is C30H34FNO4. The largest absolute Gasteiger partial charge is 0.494 e. The van der Waals surface area contributed by atoms with Crippen molar-refractivity contribution in [1.82, 2.24) is 5.32 Å². The van der Waals surface area contributed by atoms with E-state index >= 15 is 0 Å². The minimum absolute atomic E-state index is 0.0656. The molecule has 1 aliphatic rings. The van der Waals surface area contributed by atoms with Crippen LogP contribution in [0.2, 0.25) is 0 Å². The van der Waals surface area contributed by atoms with Crippen LogP contribution in [0.15, 0.2) is 60.7 Å². The van der Waals surface area contributed by atoms with Crippen molar-refractivity contribution in [3.63, 3.8) is 0 Å². The molecule has 6 heteroatoms. The number of benzene rings is 3. The van der Waals surface area contributed by atoms with Gasteiger partial charge in [0.05, 0.1) is 25.9 Å². The number of para-hydroxylation sites is 1. The van der Waals surface area contributed by atoms with Crippen LogP contribution in [0.1, 0.15) is 70.8 Å². The van der Waals surface area contributed by atoms with Crippen molar-refractivity contribution in [1.29, 1.82) is 0 Å². The molecule has 0 unspecified atom stereocenters. The standard InChI is InChI=1S/C30H34FNO4/c1-19-11-12-22(16-25(19)30(33)35-4)26-18-23(36-28-10-6-5-9-24(26)28)8-7-15-32-20(2)21-13-14-27(31)29(17-21)34-3/h5-6,9-14,16-17,20,23,26,32H,7-8,15,18H2,1-4H3/t20-,23+,26+/m1/s1. The predicted molar refractivity (Wildman–Crippen MR) is 138 cm³/mol. The average Bonchev–Trinajstić information content (AvgIpc) is 2.90. The van der Waals surface area contributed by atoms with E-state index in [9.17, 15) is 9.18 Å². The van der Waals surface area contributed by atoms with Crippen LogP contribution in [-0.2, 0) is 4.74 Å². The molecule has 0 radical (unpaired) electrons. The number of rotatable bonds is 9. The van der Waals surface area contributed by atoms with Crippen molar-refractivity contribution in [3.05, 3.63) is 94.3 Å². The fraction of sp³-hybridized carbons (Fsp3) is 0.367. The molecule has 1 N–H and O–H groups in total. The summed E-state index contributed by atoms with van der Waals surface area (Å²) in [7, 11) is 2.89. The van der Waals surface area contributed by atoms with E-state index in [0.717, 1.165) is 53.8 Å². The van der Waals surface area contributed by atoms with E-state index in [1.807, 2.05) is 37.3 Å². The van der Waals surface area contributed by atoms with Gasteiger partial charge in [0.15, 0.2) is 11.6 Å². The van der Waals surface area contributed by atoms with Crippen molar-refractivity contribution in [2.45, 2.75) is 51.2 Å². The number of ether oxygens (including phenoxy) is 3. The van der Waals surface area contributed by atoms with Gasteiger partial charge in [0.1, 0.15) is 5.75 Å². The first kappa shape index (κ1) is 25.7. The topological polar surface area (TPSA) is 56.8 Å². The van der Waals surface area contributed by atoms with Crippen molar-refractivity contribution < 1.29 is 23.4 Å². The van der Waals surface area contributed by atoms with Gasteiger partial charge in [-0.25, -0.2) is 9.18 Å². The van der Waals surface area contributed by atoms with E-state index in [1.165, 1.54) is 20.3 Å². The molecule has 1 aliphatic heterocycles. The second-order valence-electron chi connectivity index (χ2n) is 9.34. The van der Waals surface area contributed by atoms with Gasteiger partial charge in [-0.15, -0.1) is 0 Å². The molecule has 36 heavy (non-hydrogen) atoms. The summed E-state index contributed by atoms with van der Waals surface area (Å²) in [5, 5.41) is 3.52. The highest BCUT2D eigenvalue weighted by Crippen LogP contribution is 2.41. The number of carbonyl (C=O) groups is 1. The number of hydrogen-bond acceptors (Lipinski definition) is 5. The summed E-state index contributed by atoms with van der Waals surface area (Å²) < 4.78 is 30.2. The Kier molecular flexibility index (Phi) is 8.26. The Balaban J connectivity index is 1.42. The van der Waals surface area contributed by atoms with Crippen molar-refractivity contribution in [2.24, 2.45) is 0 Å². The highest BCUT2D eigenvalue weighted by Gasteiger charge is 2.29. The van der Waals surface area contributed by atoms with Crippen molar-refractivity contribution in [2.75, 3.05) is 20.8 Å². The first-order chi connectivity index (χ1) is 17.4. The highest BCUT2D eigenvalue weighted by atomic mass is 19.1. The summed E-state index contributed by atoms with van der Waals surface area (Å²) in [5.74, 6) is 0.629. The third-order valence-corrected chi connectivity index (χ3v) is 6.98. The first-order valence-electron chi connectivity index (χ1n) is 12.4. The number of aryl methyl sites for hydroxylation is 1. The maximum absolute atomic E-state index is 13.7. The van der Waals surface area contributed by atoms with Gasteiger partial charge in [0.25, 0.3) is 0 Å². The van der Waals surface area contributed by atoms with Gasteiger partial charge in [-0.3, -0.25) is 0 Å². The number of hydrogen-bond donors (Lipinski definition) is 1. The van der Waals surface area contributed by atoms with Gasteiger partial charge in [0, 0.05) is 17.5 Å². The van der Waals surface area contributed by atoms with Crippen LogP contribution < -0.4 is 14.8 Å². The van der Waals surface area contributed by atoms with E-state index in [1.54, 1.807) is 12.1 Å². The second-order valence-corrected chi connectivity index (χ2v) is 9.34. The van der Waals surface area contributed by atoms with Crippen LogP contribution >= 0.6 is 0 Å². The summed E-state index contributed by atoms with van der Waals surface area (Å²) in [6.45, 7) is 4.79. The maximum Gasteiger partial charge on any atom is 0.338 e. The monoisotopic (exact) mass is 491 g/mol. The lowest BCUT2D eigenvalue weighted by molar-refractivity contribution is 0.0599. The Bertz CT molecular complexity index is 1210. The van der Waals surface area contributed by atoms with Gasteiger partial charge in [0.2, 0.25) is 0 Å². The normalized spacial score (nSPS) is 17.6. The SMILES string of the molecule is COC(=O)c1cc([C@@H]2C[C@H](CCCN[C@H](C)c3ccc(F)c(OC)c3)Oc3ccccc32)ccc1C. The minimum Gasteiger partial charge on any atom is -0.494 e. The maximum atomic E-state index is 13.7. The number of carbonyl (C=O) groups excluding carboxylic acids is 1. The van der Waals surface area contributed by atoms with Gasteiger partial charge >= 0.3 is 5.97 Å². The Morgan fingerprint density at radius 2 is 1.94 bits per heavy atom. The minimum atomic E-state index is -0.356. The molecule has 0 bridgehead atoms. The molecule has 5 nitrogen and oxygen atoms in total. The summed E-state index contributed by atoms with van der Waals surface area (Å²) in [6, 6.07) is 19.2. The van der Waals surface area contributed by atoms with Gasteiger partial charge < -0.3 is 19.5 Å². The van der Waals surface area contributed by atoms with Gasteiger partial charge in [-0.2, -0.15) is 0 Å². The van der Waals surface area contributed by atoms with Crippen molar-refractivity contribution in [3.8, 4) is 11.5 Å². The quantitative estimate of drug-likeness (QED) is 0.279. The van der Waals surface area contributed by atoms with E-state index in [2.05, 4.69) is 24.4 Å². The average molecular weight is 492 g/mol. The molecule has 0 aromatic heterocycles. The molecule has 0 amide bonds. The molecule has 4 rings (SSSR count). The zero-order valence-electron chi connectivity index (χ0n) is 21.3. The third kappa shape index (κ3) is 5.71. The number of nitrogens with one attached hydrogen (secondary N) is 1. The number of methoxy groups -OCH3 is 2. The Labute approximate surface area is 212 Å². The predicted octanol–water partition coefficient (Wildman–Crippen LogP) is 6.34. The fourth-order valence-electron chi connectivity index (χ4n) is 4.88. The fourth-order valence-corrected chi connectivity index (χ4v) is 4.88. The van der Waals surface area contributed by atoms with Gasteiger partial charge in [-0.05, 0) is 80.6 Å². The van der Waals surface area contributed by atoms with E-state index in [-0.39, 0.29) is 35.6 Å². The van der Waals surface area contributed by atoms with Crippen LogP contribution in [0, 0.1) is 12.7 Å². The zero-order chi connectivity index (χ0) is 25.7. The molecule has 1 heterocycles. The first-order valence-corrected chi connectivity index (χ1v) is 12.4. The molecule has 0 saturated heterocycles. The Morgan fingerprint density at radius 1 is 1.14 bits per heavy atom. The lowest BCUT2D eigenvalue weighted by Crippen LogP contribution is -2.28. The third-order valence-electron chi connectivity index (χ3n) is 6.98. The molecule has 3 aromatic carbocycles. The van der Waals surface area contributed by atoms with E-state index in [0.29, 0.717) is 5.56 Å². The number of esters is 1. The smallest absolute Gasteiger partial charge is 0.338 e. The lowest BCUT2D eigenvalue weighted by atomic mass is 9.82. The number of fused-ring (bicyclic) bond motifs is 1. The summed E-state index contributed by atoms with van der Waals surface area (Å²) in [5.41, 5.74) is 4.73. The molecule has 3 atom stereocenters. The van der Waals surface area contributed by atoms with Crippen molar-refractivity contribution >= 4 is 5.97 Å². The Morgan fingerprint density at radius 3 is 2.72 bits per heavy atom. The van der Waals surface area contributed by atoms with Crippen LogP contribution in [0.25, 0.3) is 0 Å². The van der Waals surface area contributed by atoms with Crippen LogP contribution in [0.4, 0.5) is 4.39 Å². The van der Waals surface area contributed by atoms with Gasteiger partial charge in [-0.1, -0.05) is 36.4 Å². The summed E-state index contributed by atoms with van der Waals surface area (Å²) in [6.07, 6.45) is 2.73. The Hall–Kier alpha value is -3.38. The van der Waals surface area contributed by atoms with Crippen LogP contribution in [0.3, 0.4) is 0 Å². The summed E-state index contributed by atoms with van der Waals surface area (Å²) >= 11 is 0. The lowest BCUT2D eigenvalue weighted by Gasteiger charge is -2.33. The second kappa shape index (κ2) is 11.6. The molecule has 190 valence electrons. The zero-order valence-corrected chi connectivity index (χ0v) is 21.3.